The van der Waals surface area contributed by atoms with E-state index in [9.17, 15) is 4.79 Å². The van der Waals surface area contributed by atoms with Gasteiger partial charge in [0.1, 0.15) is 0 Å². The summed E-state index contributed by atoms with van der Waals surface area (Å²) in [6, 6.07) is 11.2. The third kappa shape index (κ3) is 3.99. The molecule has 2 aromatic rings. The lowest BCUT2D eigenvalue weighted by molar-refractivity contribution is 0.100. The maximum atomic E-state index is 11.2. The first-order chi connectivity index (χ1) is 9.88. The molecule has 3 N–H and O–H groups in total. The molecule has 0 aromatic heterocycles. The van der Waals surface area contributed by atoms with Gasteiger partial charge < -0.3 is 11.1 Å². The normalized spacial score (nSPS) is 12.0. The van der Waals surface area contributed by atoms with Crippen LogP contribution in [0.5, 0.6) is 0 Å². The number of amides is 1. The van der Waals surface area contributed by atoms with Gasteiger partial charge >= 0.3 is 0 Å². The highest BCUT2D eigenvalue weighted by Gasteiger charge is 2.12. The van der Waals surface area contributed by atoms with E-state index in [0.717, 1.165) is 20.2 Å². The van der Waals surface area contributed by atoms with E-state index in [2.05, 4.69) is 37.2 Å². The molecule has 0 saturated carbocycles. The van der Waals surface area contributed by atoms with Gasteiger partial charge in [-0.15, -0.1) is 0 Å². The van der Waals surface area contributed by atoms with Crippen molar-refractivity contribution in [3.63, 3.8) is 0 Å². The average molecular weight is 433 g/mol. The molecule has 0 aliphatic carbocycles. The molecular formula is C15H13Br2ClN2O. The van der Waals surface area contributed by atoms with Crippen LogP contribution in [0.25, 0.3) is 0 Å². The summed E-state index contributed by atoms with van der Waals surface area (Å²) in [6.45, 7) is 2.05. The van der Waals surface area contributed by atoms with Gasteiger partial charge in [0.15, 0.2) is 0 Å². The lowest BCUT2D eigenvalue weighted by Crippen LogP contribution is -2.12. The van der Waals surface area contributed by atoms with E-state index in [1.54, 1.807) is 18.2 Å². The third-order valence-corrected chi connectivity index (χ3v) is 4.54. The second-order valence-electron chi connectivity index (χ2n) is 4.59. The summed E-state index contributed by atoms with van der Waals surface area (Å²) in [4.78, 5) is 11.2. The number of halogens is 3. The molecule has 0 aliphatic rings. The van der Waals surface area contributed by atoms with Crippen LogP contribution in [0.2, 0.25) is 5.02 Å². The molecule has 1 amide bonds. The summed E-state index contributed by atoms with van der Waals surface area (Å²) in [5, 5.41) is 3.69. The Balaban J connectivity index is 2.21. The molecule has 1 atom stereocenters. The molecule has 0 aliphatic heterocycles. The molecule has 0 spiro atoms. The van der Waals surface area contributed by atoms with Crippen LogP contribution in [0.3, 0.4) is 0 Å². The Morgan fingerprint density at radius 1 is 1.24 bits per heavy atom. The minimum absolute atomic E-state index is 0.0722. The highest BCUT2D eigenvalue weighted by atomic mass is 79.9. The quantitative estimate of drug-likeness (QED) is 0.703. The fraction of sp³-hybridized carbons (Fsp3) is 0.133. The summed E-state index contributed by atoms with van der Waals surface area (Å²) < 4.78 is 2.02. The Morgan fingerprint density at radius 3 is 2.52 bits per heavy atom. The molecule has 3 nitrogen and oxygen atoms in total. The molecule has 2 rings (SSSR count). The average Bonchev–Trinajstić information content (AvgIpc) is 2.37. The zero-order valence-electron chi connectivity index (χ0n) is 11.2. The molecule has 0 bridgehead atoms. The highest BCUT2D eigenvalue weighted by molar-refractivity contribution is 9.11. The molecule has 6 heteroatoms. The standard InChI is InChI=1S/C15H13Br2ClN2O/c1-8(11-4-2-9(16)6-13(11)17)20-10-3-5-12(15(19)21)14(18)7-10/h2-8,20H,1H3,(H2,19,21). The summed E-state index contributed by atoms with van der Waals surface area (Å²) in [6.07, 6.45) is 0. The summed E-state index contributed by atoms with van der Waals surface area (Å²) in [7, 11) is 0. The van der Waals surface area contributed by atoms with Crippen molar-refractivity contribution in [1.29, 1.82) is 0 Å². The molecule has 0 saturated heterocycles. The topological polar surface area (TPSA) is 55.1 Å². The van der Waals surface area contributed by atoms with Crippen molar-refractivity contribution in [3.8, 4) is 0 Å². The first-order valence-electron chi connectivity index (χ1n) is 6.19. The van der Waals surface area contributed by atoms with Crippen LogP contribution in [-0.4, -0.2) is 5.91 Å². The number of rotatable bonds is 4. The molecule has 0 radical (unpaired) electrons. The van der Waals surface area contributed by atoms with Gasteiger partial charge in [0.05, 0.1) is 10.6 Å². The fourth-order valence-corrected chi connectivity index (χ4v) is 3.65. The lowest BCUT2D eigenvalue weighted by atomic mass is 10.1. The van der Waals surface area contributed by atoms with Crippen LogP contribution in [0, 0.1) is 0 Å². The van der Waals surface area contributed by atoms with Gasteiger partial charge in [-0.3, -0.25) is 4.79 Å². The lowest BCUT2D eigenvalue weighted by Gasteiger charge is -2.18. The minimum atomic E-state index is -0.532. The molecule has 21 heavy (non-hydrogen) atoms. The minimum Gasteiger partial charge on any atom is -0.378 e. The van der Waals surface area contributed by atoms with Gasteiger partial charge in [0.2, 0.25) is 5.91 Å². The molecular weight excluding hydrogens is 419 g/mol. The predicted molar refractivity (Wildman–Crippen MR) is 93.8 cm³/mol. The number of nitrogens with one attached hydrogen (secondary N) is 1. The predicted octanol–water partition coefficient (Wildman–Crippen LogP) is 5.14. The fourth-order valence-electron chi connectivity index (χ4n) is 1.99. The van der Waals surface area contributed by atoms with Crippen LogP contribution < -0.4 is 11.1 Å². The van der Waals surface area contributed by atoms with Crippen molar-refractivity contribution in [2.24, 2.45) is 5.73 Å². The first-order valence-corrected chi connectivity index (χ1v) is 8.15. The summed E-state index contributed by atoms with van der Waals surface area (Å²) >= 11 is 13.0. The van der Waals surface area contributed by atoms with Gasteiger partial charge in [-0.05, 0) is 42.8 Å². The van der Waals surface area contributed by atoms with Crippen molar-refractivity contribution in [2.75, 3.05) is 5.32 Å². The van der Waals surface area contributed by atoms with E-state index >= 15 is 0 Å². The van der Waals surface area contributed by atoms with Crippen LogP contribution in [0.4, 0.5) is 5.69 Å². The van der Waals surface area contributed by atoms with Crippen LogP contribution in [0.15, 0.2) is 45.3 Å². The Bertz CT molecular complexity index is 691. The Morgan fingerprint density at radius 2 is 1.95 bits per heavy atom. The smallest absolute Gasteiger partial charge is 0.250 e. The van der Waals surface area contributed by atoms with Crippen LogP contribution >= 0.6 is 43.5 Å². The largest absolute Gasteiger partial charge is 0.378 e. The number of hydrogen-bond acceptors (Lipinski definition) is 2. The number of primary amides is 1. The molecule has 2 aromatic carbocycles. The van der Waals surface area contributed by atoms with Crippen molar-refractivity contribution in [2.45, 2.75) is 13.0 Å². The highest BCUT2D eigenvalue weighted by Crippen LogP contribution is 2.30. The van der Waals surface area contributed by atoms with E-state index < -0.39 is 5.91 Å². The first kappa shape index (κ1) is 16.3. The van der Waals surface area contributed by atoms with Crippen molar-refractivity contribution < 1.29 is 4.79 Å². The Hall–Kier alpha value is -1.04. The molecule has 0 fully saturated rings. The maximum Gasteiger partial charge on any atom is 0.250 e. The van der Waals surface area contributed by atoms with Gasteiger partial charge in [-0.2, -0.15) is 0 Å². The van der Waals surface area contributed by atoms with Crippen molar-refractivity contribution >= 4 is 55.1 Å². The van der Waals surface area contributed by atoms with E-state index in [0.29, 0.717) is 10.6 Å². The van der Waals surface area contributed by atoms with Crippen LogP contribution in [0.1, 0.15) is 28.9 Å². The van der Waals surface area contributed by atoms with E-state index in [-0.39, 0.29) is 6.04 Å². The maximum absolute atomic E-state index is 11.2. The Labute approximate surface area is 145 Å². The van der Waals surface area contributed by atoms with Crippen molar-refractivity contribution in [3.05, 3.63) is 61.5 Å². The van der Waals surface area contributed by atoms with Gasteiger partial charge in [-0.1, -0.05) is 49.5 Å². The number of carbonyl (C=O) groups is 1. The van der Waals surface area contributed by atoms with Gasteiger partial charge in [-0.25, -0.2) is 0 Å². The number of carbonyl (C=O) groups excluding carboxylic acids is 1. The second-order valence-corrected chi connectivity index (χ2v) is 6.77. The van der Waals surface area contributed by atoms with E-state index in [1.165, 1.54) is 0 Å². The number of hydrogen-bond donors (Lipinski definition) is 2. The zero-order chi connectivity index (χ0) is 15.6. The number of benzene rings is 2. The van der Waals surface area contributed by atoms with Crippen LogP contribution in [-0.2, 0) is 0 Å². The second kappa shape index (κ2) is 6.81. The van der Waals surface area contributed by atoms with Gasteiger partial charge in [0.25, 0.3) is 0 Å². The monoisotopic (exact) mass is 430 g/mol. The van der Waals surface area contributed by atoms with Gasteiger partial charge in [0, 0.05) is 20.7 Å². The molecule has 0 heterocycles. The number of anilines is 1. The molecule has 110 valence electrons. The SMILES string of the molecule is CC(Nc1ccc(C(N)=O)c(Cl)c1)c1ccc(Br)cc1Br. The van der Waals surface area contributed by atoms with E-state index in [4.69, 9.17) is 17.3 Å². The molecule has 1 unspecified atom stereocenters. The Kier molecular flexibility index (Phi) is 5.30. The summed E-state index contributed by atoms with van der Waals surface area (Å²) in [5.41, 5.74) is 7.50. The van der Waals surface area contributed by atoms with Crippen molar-refractivity contribution in [1.82, 2.24) is 0 Å². The summed E-state index contributed by atoms with van der Waals surface area (Å²) in [5.74, 6) is -0.532. The number of nitrogens with two attached hydrogens (primary N) is 1. The van der Waals surface area contributed by atoms with E-state index in [1.807, 2.05) is 25.1 Å². The third-order valence-electron chi connectivity index (χ3n) is 3.05. The zero-order valence-corrected chi connectivity index (χ0v) is 15.1.